The molecule has 1 aliphatic heterocycles. The van der Waals surface area contributed by atoms with E-state index in [0.717, 1.165) is 4.47 Å². The van der Waals surface area contributed by atoms with Crippen molar-refractivity contribution in [2.75, 3.05) is 44.2 Å². The zero-order valence-corrected chi connectivity index (χ0v) is 12.4. The van der Waals surface area contributed by atoms with Gasteiger partial charge in [-0.05, 0) is 38.1 Å². The Kier molecular flexibility index (Phi) is 4.10. The molecular weight excluding hydrogens is 276 g/mol. The van der Waals surface area contributed by atoms with E-state index >= 15 is 0 Å². The maximum Gasteiger partial charge on any atom is 0.0965 e. The van der Waals surface area contributed by atoms with Crippen LogP contribution in [0.3, 0.4) is 0 Å². The molecule has 1 aromatic carbocycles. The molecule has 0 N–H and O–H groups in total. The van der Waals surface area contributed by atoms with E-state index in [1.165, 1.54) is 49.4 Å². The number of quaternary nitrogens is 1. The highest BCUT2D eigenvalue weighted by molar-refractivity contribution is 9.10. The van der Waals surface area contributed by atoms with Gasteiger partial charge in [0, 0.05) is 10.2 Å². The van der Waals surface area contributed by atoms with E-state index in [1.807, 2.05) is 0 Å². The molecule has 0 atom stereocenters. The fourth-order valence-corrected chi connectivity index (χ4v) is 2.92. The first kappa shape index (κ1) is 12.9. The third-order valence-electron chi connectivity index (χ3n) is 4.22. The molecule has 1 aliphatic rings. The number of piperazine rings is 1. The molecule has 2 rings (SSSR count). The van der Waals surface area contributed by atoms with Gasteiger partial charge in [-0.1, -0.05) is 15.9 Å². The standard InChI is InChI=1S/C14H22BrN2/c1-3-17(4-2)11-9-16(10-12-17)14-7-5-13(15)6-8-14/h5-8H,3-4,9-12H2,1-2H3/q+1. The number of hydrogen-bond donors (Lipinski definition) is 0. The smallest absolute Gasteiger partial charge is 0.0965 e. The van der Waals surface area contributed by atoms with Crippen molar-refractivity contribution >= 4 is 21.6 Å². The number of anilines is 1. The van der Waals surface area contributed by atoms with E-state index in [9.17, 15) is 0 Å². The number of rotatable bonds is 3. The summed E-state index contributed by atoms with van der Waals surface area (Å²) in [5, 5.41) is 0. The van der Waals surface area contributed by atoms with Crippen LogP contribution >= 0.6 is 15.9 Å². The molecule has 17 heavy (non-hydrogen) atoms. The van der Waals surface area contributed by atoms with Crippen molar-refractivity contribution in [3.05, 3.63) is 28.7 Å². The summed E-state index contributed by atoms with van der Waals surface area (Å²) in [5.74, 6) is 0. The summed E-state index contributed by atoms with van der Waals surface area (Å²) in [6, 6.07) is 8.68. The molecule has 0 radical (unpaired) electrons. The van der Waals surface area contributed by atoms with Gasteiger partial charge in [0.25, 0.3) is 0 Å². The summed E-state index contributed by atoms with van der Waals surface area (Å²) >= 11 is 3.49. The molecule has 0 aliphatic carbocycles. The van der Waals surface area contributed by atoms with Crippen molar-refractivity contribution in [3.63, 3.8) is 0 Å². The normalized spacial score (nSPS) is 19.4. The Morgan fingerprint density at radius 1 is 1.06 bits per heavy atom. The SMILES string of the molecule is CC[N+]1(CC)CCN(c2ccc(Br)cc2)CC1. The molecule has 0 unspecified atom stereocenters. The van der Waals surface area contributed by atoms with Crippen LogP contribution in [0.15, 0.2) is 28.7 Å². The van der Waals surface area contributed by atoms with Gasteiger partial charge >= 0.3 is 0 Å². The van der Waals surface area contributed by atoms with E-state index in [2.05, 4.69) is 58.9 Å². The molecule has 0 amide bonds. The molecule has 3 heteroatoms. The van der Waals surface area contributed by atoms with E-state index in [1.54, 1.807) is 0 Å². The van der Waals surface area contributed by atoms with Gasteiger partial charge in [0.2, 0.25) is 0 Å². The van der Waals surface area contributed by atoms with Crippen LogP contribution in [0.2, 0.25) is 0 Å². The Bertz CT molecular complexity index is 347. The van der Waals surface area contributed by atoms with Crippen LogP contribution in [0, 0.1) is 0 Å². The highest BCUT2D eigenvalue weighted by Gasteiger charge is 2.29. The topological polar surface area (TPSA) is 3.24 Å². The van der Waals surface area contributed by atoms with Crippen molar-refractivity contribution in [2.24, 2.45) is 0 Å². The third-order valence-corrected chi connectivity index (χ3v) is 4.75. The van der Waals surface area contributed by atoms with Crippen LogP contribution in [0.1, 0.15) is 13.8 Å². The Morgan fingerprint density at radius 3 is 2.06 bits per heavy atom. The van der Waals surface area contributed by atoms with Crippen LogP contribution in [-0.4, -0.2) is 43.8 Å². The van der Waals surface area contributed by atoms with Gasteiger partial charge in [-0.2, -0.15) is 0 Å². The van der Waals surface area contributed by atoms with Gasteiger partial charge in [-0.15, -0.1) is 0 Å². The molecule has 94 valence electrons. The van der Waals surface area contributed by atoms with Crippen molar-refractivity contribution in [3.8, 4) is 0 Å². The lowest BCUT2D eigenvalue weighted by Gasteiger charge is -2.44. The fraction of sp³-hybridized carbons (Fsp3) is 0.571. The largest absolute Gasteiger partial charge is 0.360 e. The van der Waals surface area contributed by atoms with Crippen LogP contribution in [0.4, 0.5) is 5.69 Å². The van der Waals surface area contributed by atoms with E-state index in [4.69, 9.17) is 0 Å². The molecule has 1 fully saturated rings. The summed E-state index contributed by atoms with van der Waals surface area (Å²) in [4.78, 5) is 2.51. The maximum absolute atomic E-state index is 3.49. The fourth-order valence-electron chi connectivity index (χ4n) is 2.66. The number of benzene rings is 1. The van der Waals surface area contributed by atoms with Crippen molar-refractivity contribution in [1.29, 1.82) is 0 Å². The Balaban J connectivity index is 2.01. The van der Waals surface area contributed by atoms with Crippen LogP contribution in [0.25, 0.3) is 0 Å². The lowest BCUT2D eigenvalue weighted by Crippen LogP contribution is -2.59. The predicted octanol–water partition coefficient (Wildman–Crippen LogP) is 3.13. The minimum atomic E-state index is 1.16. The van der Waals surface area contributed by atoms with Crippen LogP contribution in [0.5, 0.6) is 0 Å². The molecule has 0 aromatic heterocycles. The second-order valence-electron chi connectivity index (χ2n) is 4.88. The Hall–Kier alpha value is -0.540. The molecule has 0 saturated carbocycles. The number of likely N-dealkylation sites (N-methyl/N-ethyl adjacent to an activating group) is 1. The first-order valence-corrected chi connectivity index (χ1v) is 7.34. The third kappa shape index (κ3) is 2.83. The summed E-state index contributed by atoms with van der Waals surface area (Å²) in [6.07, 6.45) is 0. The highest BCUT2D eigenvalue weighted by atomic mass is 79.9. The summed E-state index contributed by atoms with van der Waals surface area (Å²) in [6.45, 7) is 12.1. The van der Waals surface area contributed by atoms with E-state index in [0.29, 0.717) is 0 Å². The molecule has 0 spiro atoms. The Labute approximate surface area is 113 Å². The average Bonchev–Trinajstić information content (AvgIpc) is 2.40. The van der Waals surface area contributed by atoms with Gasteiger partial charge in [0.1, 0.15) is 0 Å². The Morgan fingerprint density at radius 2 is 1.59 bits per heavy atom. The summed E-state index contributed by atoms with van der Waals surface area (Å²) in [7, 11) is 0. The predicted molar refractivity (Wildman–Crippen MR) is 77.4 cm³/mol. The first-order chi connectivity index (χ1) is 8.19. The van der Waals surface area contributed by atoms with E-state index in [-0.39, 0.29) is 0 Å². The van der Waals surface area contributed by atoms with Gasteiger partial charge in [-0.25, -0.2) is 0 Å². The van der Waals surface area contributed by atoms with Crippen molar-refractivity contribution in [1.82, 2.24) is 0 Å². The number of hydrogen-bond acceptors (Lipinski definition) is 1. The molecule has 0 bridgehead atoms. The van der Waals surface area contributed by atoms with Gasteiger partial charge < -0.3 is 9.38 Å². The molecule has 1 saturated heterocycles. The van der Waals surface area contributed by atoms with Crippen molar-refractivity contribution in [2.45, 2.75) is 13.8 Å². The minimum absolute atomic E-state index is 1.16. The first-order valence-electron chi connectivity index (χ1n) is 6.55. The lowest BCUT2D eigenvalue weighted by molar-refractivity contribution is -0.925. The molecule has 1 aromatic rings. The van der Waals surface area contributed by atoms with Crippen LogP contribution < -0.4 is 4.90 Å². The molecule has 2 nitrogen and oxygen atoms in total. The van der Waals surface area contributed by atoms with E-state index < -0.39 is 0 Å². The monoisotopic (exact) mass is 297 g/mol. The van der Waals surface area contributed by atoms with Crippen molar-refractivity contribution < 1.29 is 4.48 Å². The van der Waals surface area contributed by atoms with Gasteiger partial charge in [-0.3, -0.25) is 0 Å². The molecular formula is C14H22BrN2+. The van der Waals surface area contributed by atoms with Crippen LogP contribution in [-0.2, 0) is 0 Å². The summed E-state index contributed by atoms with van der Waals surface area (Å²) in [5.41, 5.74) is 1.36. The number of halogens is 1. The van der Waals surface area contributed by atoms with Gasteiger partial charge in [0.05, 0.1) is 39.3 Å². The minimum Gasteiger partial charge on any atom is -0.360 e. The second-order valence-corrected chi connectivity index (χ2v) is 5.80. The number of nitrogens with zero attached hydrogens (tertiary/aromatic N) is 2. The van der Waals surface area contributed by atoms with Gasteiger partial charge in [0.15, 0.2) is 0 Å². The summed E-state index contributed by atoms with van der Waals surface area (Å²) < 4.78 is 2.44. The zero-order valence-electron chi connectivity index (χ0n) is 10.8. The second kappa shape index (κ2) is 5.40. The quantitative estimate of drug-likeness (QED) is 0.775. The highest BCUT2D eigenvalue weighted by Crippen LogP contribution is 2.21. The average molecular weight is 298 g/mol. The zero-order chi connectivity index (χ0) is 12.3. The maximum atomic E-state index is 3.49. The molecule has 1 heterocycles. The lowest BCUT2D eigenvalue weighted by atomic mass is 10.2.